The van der Waals surface area contributed by atoms with Crippen LogP contribution in [0.15, 0.2) is 0 Å². The van der Waals surface area contributed by atoms with Crippen LogP contribution in [0.4, 0.5) is 4.79 Å². The molecule has 0 aromatic heterocycles. The van der Waals surface area contributed by atoms with Crippen molar-refractivity contribution >= 4 is 6.09 Å². The molecule has 0 spiro atoms. The molecule has 1 amide bonds. The van der Waals surface area contributed by atoms with Gasteiger partial charge in [-0.15, -0.1) is 0 Å². The van der Waals surface area contributed by atoms with Crippen molar-refractivity contribution in [3.05, 3.63) is 0 Å². The van der Waals surface area contributed by atoms with Gasteiger partial charge < -0.3 is 15.0 Å². The Kier molecular flexibility index (Phi) is 5.61. The van der Waals surface area contributed by atoms with E-state index in [0.717, 1.165) is 31.5 Å². The molecule has 2 atom stereocenters. The Morgan fingerprint density at radius 3 is 2.50 bits per heavy atom. The molecule has 2 aliphatic carbocycles. The van der Waals surface area contributed by atoms with Crippen LogP contribution in [-0.2, 0) is 4.74 Å². The zero-order valence-corrected chi connectivity index (χ0v) is 14.1. The topological polar surface area (TPSA) is 41.6 Å². The van der Waals surface area contributed by atoms with E-state index in [1.165, 1.54) is 64.9 Å². The summed E-state index contributed by atoms with van der Waals surface area (Å²) in [4.78, 5) is 13.9. The van der Waals surface area contributed by atoms with Gasteiger partial charge in [-0.05, 0) is 50.0 Å². The second kappa shape index (κ2) is 7.67. The van der Waals surface area contributed by atoms with E-state index in [2.05, 4.69) is 5.32 Å². The van der Waals surface area contributed by atoms with Crippen LogP contribution in [0.2, 0.25) is 0 Å². The normalized spacial score (nSPS) is 30.3. The number of carbonyl (C=O) groups excluding carboxylic acids is 1. The first kappa shape index (κ1) is 16.1. The summed E-state index contributed by atoms with van der Waals surface area (Å²) in [6.45, 7) is 2.85. The first-order valence-electron chi connectivity index (χ1n) is 9.31. The van der Waals surface area contributed by atoms with Crippen LogP contribution >= 0.6 is 0 Å². The SMILES string of the molecule is COC(=O)N1CC(CC2CC2)CC(NCC2CCCCC2)C1. The van der Waals surface area contributed by atoms with Gasteiger partial charge in [-0.25, -0.2) is 4.79 Å². The molecule has 3 aliphatic rings. The molecule has 126 valence electrons. The lowest BCUT2D eigenvalue weighted by Crippen LogP contribution is -2.52. The number of likely N-dealkylation sites (tertiary alicyclic amines) is 1. The van der Waals surface area contributed by atoms with Crippen molar-refractivity contribution in [3.63, 3.8) is 0 Å². The highest BCUT2D eigenvalue weighted by molar-refractivity contribution is 5.67. The van der Waals surface area contributed by atoms with Crippen LogP contribution < -0.4 is 5.32 Å². The molecule has 1 heterocycles. The van der Waals surface area contributed by atoms with Gasteiger partial charge in [0.2, 0.25) is 0 Å². The van der Waals surface area contributed by atoms with Gasteiger partial charge >= 0.3 is 6.09 Å². The Morgan fingerprint density at radius 2 is 1.82 bits per heavy atom. The molecular formula is C18H32N2O2. The van der Waals surface area contributed by atoms with Gasteiger partial charge in [0.05, 0.1) is 7.11 Å². The van der Waals surface area contributed by atoms with Crippen molar-refractivity contribution < 1.29 is 9.53 Å². The Bertz CT molecular complexity index is 364. The summed E-state index contributed by atoms with van der Waals surface area (Å²) in [5.41, 5.74) is 0. The average Bonchev–Trinajstić information content (AvgIpc) is 3.37. The fourth-order valence-electron chi connectivity index (χ4n) is 4.35. The standard InChI is InChI=1S/C18H32N2O2/c1-22-18(21)20-12-16(9-14-7-8-14)10-17(13-20)19-11-15-5-3-2-4-6-15/h14-17,19H,2-13H2,1H3. The van der Waals surface area contributed by atoms with E-state index in [0.29, 0.717) is 12.0 Å². The number of piperidine rings is 1. The van der Waals surface area contributed by atoms with E-state index in [4.69, 9.17) is 4.74 Å². The fourth-order valence-corrected chi connectivity index (χ4v) is 4.35. The Balaban J connectivity index is 1.50. The van der Waals surface area contributed by atoms with Crippen LogP contribution in [0.5, 0.6) is 0 Å². The third-order valence-electron chi connectivity index (χ3n) is 5.75. The lowest BCUT2D eigenvalue weighted by Gasteiger charge is -2.38. The predicted octanol–water partition coefficient (Wildman–Crippen LogP) is 3.41. The highest BCUT2D eigenvalue weighted by Crippen LogP contribution is 2.38. The number of nitrogens with zero attached hydrogens (tertiary/aromatic N) is 1. The van der Waals surface area contributed by atoms with E-state index in [-0.39, 0.29) is 6.09 Å². The fraction of sp³-hybridized carbons (Fsp3) is 0.944. The summed E-state index contributed by atoms with van der Waals surface area (Å²) in [6.07, 6.45) is 12.2. The molecule has 1 aliphatic heterocycles. The molecule has 1 N–H and O–H groups in total. The van der Waals surface area contributed by atoms with Gasteiger partial charge in [-0.2, -0.15) is 0 Å². The molecule has 2 unspecified atom stereocenters. The number of carbonyl (C=O) groups is 1. The highest BCUT2D eigenvalue weighted by atomic mass is 16.5. The molecule has 2 saturated carbocycles. The molecule has 3 rings (SSSR count). The monoisotopic (exact) mass is 308 g/mol. The first-order valence-corrected chi connectivity index (χ1v) is 9.31. The number of amides is 1. The molecule has 4 nitrogen and oxygen atoms in total. The summed E-state index contributed by atoms with van der Waals surface area (Å²) >= 11 is 0. The molecular weight excluding hydrogens is 276 g/mol. The van der Waals surface area contributed by atoms with Gasteiger partial charge in [-0.3, -0.25) is 0 Å². The highest BCUT2D eigenvalue weighted by Gasteiger charge is 2.34. The minimum atomic E-state index is -0.148. The minimum Gasteiger partial charge on any atom is -0.453 e. The quantitative estimate of drug-likeness (QED) is 0.846. The molecule has 0 aromatic carbocycles. The minimum absolute atomic E-state index is 0.148. The Hall–Kier alpha value is -0.770. The summed E-state index contributed by atoms with van der Waals surface area (Å²) in [6, 6.07) is 0.457. The van der Waals surface area contributed by atoms with Crippen molar-refractivity contribution in [1.29, 1.82) is 0 Å². The van der Waals surface area contributed by atoms with Gasteiger partial charge in [0, 0.05) is 19.1 Å². The number of ether oxygens (including phenoxy) is 1. The smallest absolute Gasteiger partial charge is 0.409 e. The second-order valence-corrected chi connectivity index (χ2v) is 7.77. The molecule has 1 saturated heterocycles. The molecule has 0 bridgehead atoms. The average molecular weight is 308 g/mol. The maximum absolute atomic E-state index is 11.9. The van der Waals surface area contributed by atoms with Crippen molar-refractivity contribution in [2.45, 2.75) is 63.8 Å². The third kappa shape index (κ3) is 4.61. The maximum atomic E-state index is 11.9. The summed E-state index contributed by atoms with van der Waals surface area (Å²) in [7, 11) is 1.50. The van der Waals surface area contributed by atoms with Crippen LogP contribution in [0, 0.1) is 17.8 Å². The van der Waals surface area contributed by atoms with Crippen LogP contribution in [0.3, 0.4) is 0 Å². The molecule has 4 heteroatoms. The van der Waals surface area contributed by atoms with E-state index in [1.54, 1.807) is 0 Å². The molecule has 3 fully saturated rings. The number of methoxy groups -OCH3 is 1. The van der Waals surface area contributed by atoms with E-state index in [9.17, 15) is 4.79 Å². The van der Waals surface area contributed by atoms with Crippen molar-refractivity contribution in [2.24, 2.45) is 17.8 Å². The van der Waals surface area contributed by atoms with Crippen LogP contribution in [0.25, 0.3) is 0 Å². The maximum Gasteiger partial charge on any atom is 0.409 e. The van der Waals surface area contributed by atoms with Crippen LogP contribution in [0.1, 0.15) is 57.8 Å². The first-order chi connectivity index (χ1) is 10.7. The molecule has 22 heavy (non-hydrogen) atoms. The number of nitrogens with one attached hydrogen (secondary N) is 1. The molecule has 0 aromatic rings. The van der Waals surface area contributed by atoms with Crippen molar-refractivity contribution in [1.82, 2.24) is 10.2 Å². The number of hydrogen-bond donors (Lipinski definition) is 1. The Labute approximate surface area is 135 Å². The summed E-state index contributed by atoms with van der Waals surface area (Å²) in [5.74, 6) is 2.44. The zero-order chi connectivity index (χ0) is 15.4. The van der Waals surface area contributed by atoms with Crippen molar-refractivity contribution in [2.75, 3.05) is 26.7 Å². The predicted molar refractivity (Wildman–Crippen MR) is 87.8 cm³/mol. The second-order valence-electron chi connectivity index (χ2n) is 7.77. The Morgan fingerprint density at radius 1 is 1.05 bits per heavy atom. The van der Waals surface area contributed by atoms with Gasteiger partial charge in [0.15, 0.2) is 0 Å². The lowest BCUT2D eigenvalue weighted by atomic mass is 9.87. The third-order valence-corrected chi connectivity index (χ3v) is 5.75. The van der Waals surface area contributed by atoms with E-state index < -0.39 is 0 Å². The number of hydrogen-bond acceptors (Lipinski definition) is 3. The van der Waals surface area contributed by atoms with Gasteiger partial charge in [0.1, 0.15) is 0 Å². The molecule has 0 radical (unpaired) electrons. The van der Waals surface area contributed by atoms with Crippen LogP contribution in [-0.4, -0.2) is 43.8 Å². The van der Waals surface area contributed by atoms with E-state index in [1.807, 2.05) is 4.90 Å². The van der Waals surface area contributed by atoms with E-state index >= 15 is 0 Å². The van der Waals surface area contributed by atoms with Gasteiger partial charge in [-0.1, -0.05) is 32.1 Å². The van der Waals surface area contributed by atoms with Gasteiger partial charge in [0.25, 0.3) is 0 Å². The summed E-state index contributed by atoms with van der Waals surface area (Å²) in [5, 5.41) is 3.77. The van der Waals surface area contributed by atoms with Crippen molar-refractivity contribution in [3.8, 4) is 0 Å². The largest absolute Gasteiger partial charge is 0.453 e. The zero-order valence-electron chi connectivity index (χ0n) is 14.1. The lowest BCUT2D eigenvalue weighted by molar-refractivity contribution is 0.0868. The number of rotatable bonds is 5. The summed E-state index contributed by atoms with van der Waals surface area (Å²) < 4.78 is 4.96.